The number of ketones is 1. The first kappa shape index (κ1) is 24.1. The number of esters is 1. The van der Waals surface area contributed by atoms with Crippen LogP contribution in [0.2, 0.25) is 0 Å². The molecule has 0 aliphatic carbocycles. The topological polar surface area (TPSA) is 92.8 Å². The maximum atomic E-state index is 13.3. The minimum absolute atomic E-state index is 0.0152. The molecule has 184 valence electrons. The standard InChI is InChI=1S/C28H26N2O5S/c1-16(31)20-13-21(36-15-20)18-9-11-19(12-10-18)24-22-23(26(33)30(2)25(22)32)28(29-24,27(34)35-3)14-17-7-5-4-6-8-17/h4-13,15,22-24,29H,14H2,1-3H3/t22?,23?,24?,28-/m1/s1. The summed E-state index contributed by atoms with van der Waals surface area (Å²) < 4.78 is 5.21. The van der Waals surface area contributed by atoms with Gasteiger partial charge in [0.2, 0.25) is 11.8 Å². The van der Waals surface area contributed by atoms with E-state index in [9.17, 15) is 19.2 Å². The number of fused-ring (bicyclic) bond motifs is 1. The highest BCUT2D eigenvalue weighted by Gasteiger charge is 2.68. The number of nitrogens with one attached hydrogen (secondary N) is 1. The van der Waals surface area contributed by atoms with E-state index in [0.29, 0.717) is 5.56 Å². The van der Waals surface area contributed by atoms with Crippen LogP contribution in [-0.4, -0.2) is 48.2 Å². The fraction of sp³-hybridized carbons (Fsp3) is 0.286. The smallest absolute Gasteiger partial charge is 0.327 e. The third-order valence-electron chi connectivity index (χ3n) is 7.31. The normalized spacial score (nSPS) is 25.2. The van der Waals surface area contributed by atoms with Crippen LogP contribution in [0.25, 0.3) is 10.4 Å². The van der Waals surface area contributed by atoms with Crippen LogP contribution in [0.15, 0.2) is 66.0 Å². The third kappa shape index (κ3) is 3.77. The summed E-state index contributed by atoms with van der Waals surface area (Å²) in [6.45, 7) is 1.54. The number of methoxy groups -OCH3 is 1. The second-order valence-corrected chi connectivity index (χ2v) is 10.3. The number of rotatable bonds is 6. The lowest BCUT2D eigenvalue weighted by atomic mass is 9.76. The van der Waals surface area contributed by atoms with Gasteiger partial charge in [0.05, 0.1) is 18.9 Å². The Balaban J connectivity index is 1.55. The largest absolute Gasteiger partial charge is 0.468 e. The molecule has 3 heterocycles. The van der Waals surface area contributed by atoms with Gasteiger partial charge in [-0.1, -0.05) is 54.6 Å². The second-order valence-electron chi connectivity index (χ2n) is 9.36. The van der Waals surface area contributed by atoms with E-state index >= 15 is 0 Å². The number of imide groups is 1. The van der Waals surface area contributed by atoms with Crippen molar-refractivity contribution in [1.82, 2.24) is 10.2 Å². The predicted molar refractivity (Wildman–Crippen MR) is 135 cm³/mol. The van der Waals surface area contributed by atoms with Crippen LogP contribution in [0.3, 0.4) is 0 Å². The van der Waals surface area contributed by atoms with Crippen LogP contribution in [-0.2, 0) is 25.5 Å². The van der Waals surface area contributed by atoms with Gasteiger partial charge in [-0.3, -0.25) is 29.4 Å². The molecular weight excluding hydrogens is 476 g/mol. The molecule has 5 rings (SSSR count). The molecule has 0 radical (unpaired) electrons. The van der Waals surface area contributed by atoms with Crippen LogP contribution in [0.5, 0.6) is 0 Å². The maximum absolute atomic E-state index is 13.3. The number of Topliss-reactive ketones (excluding diaryl/α,β-unsaturated/α-hetero) is 1. The summed E-state index contributed by atoms with van der Waals surface area (Å²) in [5.41, 5.74) is 1.89. The quantitative estimate of drug-likeness (QED) is 0.314. The van der Waals surface area contributed by atoms with E-state index in [-0.39, 0.29) is 24.0 Å². The molecule has 0 saturated carbocycles. The molecule has 0 spiro atoms. The fourth-order valence-corrected chi connectivity index (χ4v) is 6.44. The van der Waals surface area contributed by atoms with E-state index in [2.05, 4.69) is 5.32 Å². The number of carbonyl (C=O) groups is 4. The molecular formula is C28H26N2O5S. The average Bonchev–Trinajstić information content (AvgIpc) is 3.57. The molecule has 2 aliphatic heterocycles. The van der Waals surface area contributed by atoms with Crippen molar-refractivity contribution >= 4 is 34.9 Å². The van der Waals surface area contributed by atoms with Crippen molar-refractivity contribution in [1.29, 1.82) is 0 Å². The molecule has 3 aromatic rings. The summed E-state index contributed by atoms with van der Waals surface area (Å²) in [5, 5.41) is 5.23. The molecule has 4 atom stereocenters. The van der Waals surface area contributed by atoms with Gasteiger partial charge in [0, 0.05) is 35.3 Å². The zero-order valence-electron chi connectivity index (χ0n) is 20.2. The Morgan fingerprint density at radius 2 is 1.75 bits per heavy atom. The van der Waals surface area contributed by atoms with E-state index in [0.717, 1.165) is 26.5 Å². The molecule has 0 bridgehead atoms. The van der Waals surface area contributed by atoms with E-state index in [1.165, 1.54) is 32.4 Å². The molecule has 1 aromatic heterocycles. The van der Waals surface area contributed by atoms with E-state index < -0.39 is 29.4 Å². The minimum Gasteiger partial charge on any atom is -0.468 e. The minimum atomic E-state index is -1.38. The molecule has 7 nitrogen and oxygen atoms in total. The number of nitrogens with zero attached hydrogens (tertiary/aromatic N) is 1. The molecule has 2 fully saturated rings. The lowest BCUT2D eigenvalue weighted by Gasteiger charge is -2.32. The lowest BCUT2D eigenvalue weighted by molar-refractivity contribution is -0.153. The van der Waals surface area contributed by atoms with Gasteiger partial charge in [-0.15, -0.1) is 11.3 Å². The van der Waals surface area contributed by atoms with Crippen molar-refractivity contribution in [3.63, 3.8) is 0 Å². The van der Waals surface area contributed by atoms with Gasteiger partial charge < -0.3 is 4.74 Å². The number of hydrogen-bond donors (Lipinski definition) is 1. The summed E-state index contributed by atoms with van der Waals surface area (Å²) in [6.07, 6.45) is 0.214. The Labute approximate surface area is 213 Å². The van der Waals surface area contributed by atoms with Crippen molar-refractivity contribution in [2.75, 3.05) is 14.2 Å². The van der Waals surface area contributed by atoms with Crippen molar-refractivity contribution in [2.45, 2.75) is 24.9 Å². The molecule has 8 heteroatoms. The van der Waals surface area contributed by atoms with Gasteiger partial charge in [0.25, 0.3) is 0 Å². The van der Waals surface area contributed by atoms with Crippen LogP contribution in [0, 0.1) is 11.8 Å². The van der Waals surface area contributed by atoms with Crippen molar-refractivity contribution in [2.24, 2.45) is 11.8 Å². The van der Waals surface area contributed by atoms with E-state index in [1.54, 1.807) is 0 Å². The second kappa shape index (κ2) is 9.11. The van der Waals surface area contributed by atoms with Gasteiger partial charge in [-0.05, 0) is 29.7 Å². The highest BCUT2D eigenvalue weighted by atomic mass is 32.1. The Bertz CT molecular complexity index is 1350. The van der Waals surface area contributed by atoms with Gasteiger partial charge in [0.15, 0.2) is 5.78 Å². The molecule has 2 aromatic carbocycles. The molecule has 2 saturated heterocycles. The number of thiophene rings is 1. The highest BCUT2D eigenvalue weighted by Crippen LogP contribution is 2.50. The van der Waals surface area contributed by atoms with Crippen LogP contribution >= 0.6 is 11.3 Å². The SMILES string of the molecule is COC(=O)[C@]1(Cc2ccccc2)NC(c2ccc(-c3cc(C(C)=O)cs3)cc2)C2C(=O)N(C)C(=O)C21. The zero-order chi connectivity index (χ0) is 25.6. The monoisotopic (exact) mass is 502 g/mol. The zero-order valence-corrected chi connectivity index (χ0v) is 21.0. The molecule has 1 N–H and O–H groups in total. The molecule has 2 amide bonds. The number of likely N-dealkylation sites (tertiary alicyclic amines) is 1. The van der Waals surface area contributed by atoms with Crippen LogP contribution in [0.1, 0.15) is 34.5 Å². The summed E-state index contributed by atoms with van der Waals surface area (Å²) in [7, 11) is 2.77. The van der Waals surface area contributed by atoms with E-state index in [4.69, 9.17) is 4.74 Å². The third-order valence-corrected chi connectivity index (χ3v) is 8.29. The number of hydrogen-bond acceptors (Lipinski definition) is 7. The Kier molecular flexibility index (Phi) is 6.10. The highest BCUT2D eigenvalue weighted by molar-refractivity contribution is 7.13. The Morgan fingerprint density at radius 3 is 2.36 bits per heavy atom. The maximum Gasteiger partial charge on any atom is 0.327 e. The Hall–Kier alpha value is -3.62. The lowest BCUT2D eigenvalue weighted by Crippen LogP contribution is -2.57. The molecule has 2 aliphatic rings. The first-order valence-corrected chi connectivity index (χ1v) is 12.6. The van der Waals surface area contributed by atoms with Crippen molar-refractivity contribution in [3.8, 4) is 10.4 Å². The van der Waals surface area contributed by atoms with Gasteiger partial charge >= 0.3 is 5.97 Å². The summed E-state index contributed by atoms with van der Waals surface area (Å²) in [5.74, 6) is -2.86. The first-order valence-electron chi connectivity index (χ1n) is 11.7. The van der Waals surface area contributed by atoms with Crippen LogP contribution in [0.4, 0.5) is 0 Å². The number of ether oxygens (including phenoxy) is 1. The van der Waals surface area contributed by atoms with Crippen molar-refractivity contribution in [3.05, 3.63) is 82.7 Å². The fourth-order valence-electron chi connectivity index (χ4n) is 5.48. The summed E-state index contributed by atoms with van der Waals surface area (Å²) in [4.78, 5) is 53.7. The number of carbonyl (C=O) groups excluding carboxylic acids is 4. The van der Waals surface area contributed by atoms with Crippen LogP contribution < -0.4 is 5.32 Å². The van der Waals surface area contributed by atoms with Gasteiger partial charge in [-0.2, -0.15) is 0 Å². The van der Waals surface area contributed by atoms with Gasteiger partial charge in [-0.25, -0.2) is 0 Å². The summed E-state index contributed by atoms with van der Waals surface area (Å²) >= 11 is 1.49. The van der Waals surface area contributed by atoms with Crippen molar-refractivity contribution < 1.29 is 23.9 Å². The average molecular weight is 503 g/mol. The first-order chi connectivity index (χ1) is 17.3. The molecule has 3 unspecified atom stereocenters. The van der Waals surface area contributed by atoms with Gasteiger partial charge in [0.1, 0.15) is 5.54 Å². The van der Waals surface area contributed by atoms with E-state index in [1.807, 2.05) is 66.0 Å². The number of amides is 2. The Morgan fingerprint density at radius 1 is 1.06 bits per heavy atom. The summed E-state index contributed by atoms with van der Waals surface area (Å²) in [6, 6.07) is 18.4. The predicted octanol–water partition coefficient (Wildman–Crippen LogP) is 3.65. The molecule has 36 heavy (non-hydrogen) atoms. The number of benzene rings is 2.